The molecule has 108 valence electrons. The highest BCUT2D eigenvalue weighted by molar-refractivity contribution is 7.92. The summed E-state index contributed by atoms with van der Waals surface area (Å²) in [5.41, 5.74) is 0.619. The van der Waals surface area contributed by atoms with Gasteiger partial charge >= 0.3 is 5.97 Å². The zero-order valence-electron chi connectivity index (χ0n) is 10.9. The van der Waals surface area contributed by atoms with Gasteiger partial charge in [0.1, 0.15) is 16.4 Å². The van der Waals surface area contributed by atoms with Crippen LogP contribution in [0.2, 0.25) is 0 Å². The number of hydrogen-bond donors (Lipinski definition) is 3. The van der Waals surface area contributed by atoms with Gasteiger partial charge in [-0.15, -0.1) is 0 Å². The third-order valence-corrected chi connectivity index (χ3v) is 4.16. The number of aromatic amines is 1. The minimum atomic E-state index is -3.86. The first-order valence-electron chi connectivity index (χ1n) is 5.80. The Hall–Kier alpha value is -2.29. The first kappa shape index (κ1) is 14.1. The molecule has 2 heterocycles. The molecule has 2 aromatic heterocycles. The van der Waals surface area contributed by atoms with Crippen LogP contribution in [0.3, 0.4) is 0 Å². The summed E-state index contributed by atoms with van der Waals surface area (Å²) in [6, 6.07) is 1.10. The normalized spacial score (nSPS) is 11.5. The van der Waals surface area contributed by atoms with E-state index in [0.29, 0.717) is 6.42 Å². The van der Waals surface area contributed by atoms with Gasteiger partial charge in [-0.25, -0.2) is 13.2 Å². The van der Waals surface area contributed by atoms with Crippen molar-refractivity contribution in [1.29, 1.82) is 0 Å². The minimum absolute atomic E-state index is 0.106. The molecule has 0 amide bonds. The molecule has 9 heteroatoms. The highest BCUT2D eigenvalue weighted by Gasteiger charge is 2.21. The van der Waals surface area contributed by atoms with Gasteiger partial charge in [-0.05, 0) is 12.5 Å². The van der Waals surface area contributed by atoms with Crippen LogP contribution in [0.1, 0.15) is 23.0 Å². The van der Waals surface area contributed by atoms with E-state index in [1.54, 1.807) is 0 Å². The number of carboxylic acids is 1. The molecule has 0 unspecified atom stereocenters. The maximum Gasteiger partial charge on any atom is 0.352 e. The number of aryl methyl sites for hydroxylation is 2. The topological polar surface area (TPSA) is 117 Å². The van der Waals surface area contributed by atoms with Crippen LogP contribution in [0, 0.1) is 0 Å². The summed E-state index contributed by atoms with van der Waals surface area (Å²) in [5, 5.41) is 15.3. The van der Waals surface area contributed by atoms with Crippen molar-refractivity contribution in [2.75, 3.05) is 4.72 Å². The lowest BCUT2D eigenvalue weighted by Gasteiger charge is -2.05. The fourth-order valence-corrected chi connectivity index (χ4v) is 2.88. The molecule has 2 aromatic rings. The quantitative estimate of drug-likeness (QED) is 0.755. The van der Waals surface area contributed by atoms with Gasteiger partial charge in [0.2, 0.25) is 0 Å². The molecule has 8 nitrogen and oxygen atoms in total. The maximum absolute atomic E-state index is 12.2. The highest BCUT2D eigenvalue weighted by Crippen LogP contribution is 2.19. The molecule has 0 saturated carbocycles. The molecule has 20 heavy (non-hydrogen) atoms. The number of nitrogens with one attached hydrogen (secondary N) is 2. The smallest absolute Gasteiger partial charge is 0.352 e. The van der Waals surface area contributed by atoms with E-state index in [-0.39, 0.29) is 16.4 Å². The Bertz CT molecular complexity index is 744. The standard InChI is InChI=1S/C11H14N4O4S/c1-3-7-5-12-13-10(7)14-20(18,19)8-4-9(11(16)17)15(2)6-8/h4-6H,3H2,1-2H3,(H,16,17)(H2,12,13,14). The van der Waals surface area contributed by atoms with Crippen LogP contribution in [0.5, 0.6) is 0 Å². The monoisotopic (exact) mass is 298 g/mol. The Balaban J connectivity index is 2.36. The van der Waals surface area contributed by atoms with Crippen LogP contribution < -0.4 is 4.72 Å². The SMILES string of the molecule is CCc1cn[nH]c1NS(=O)(=O)c1cc(C(=O)O)n(C)c1. The van der Waals surface area contributed by atoms with E-state index in [4.69, 9.17) is 5.11 Å². The summed E-state index contributed by atoms with van der Waals surface area (Å²) in [7, 11) is -2.39. The average molecular weight is 298 g/mol. The fourth-order valence-electron chi connectivity index (χ4n) is 1.75. The summed E-state index contributed by atoms with van der Waals surface area (Å²) in [5.74, 6) is -0.905. The second-order valence-electron chi connectivity index (χ2n) is 4.21. The van der Waals surface area contributed by atoms with Gasteiger partial charge in [-0.1, -0.05) is 6.92 Å². The Labute approximate surface area is 115 Å². The van der Waals surface area contributed by atoms with Crippen molar-refractivity contribution < 1.29 is 18.3 Å². The highest BCUT2D eigenvalue weighted by atomic mass is 32.2. The Morgan fingerprint density at radius 2 is 2.25 bits per heavy atom. The molecular formula is C11H14N4O4S. The van der Waals surface area contributed by atoms with E-state index in [2.05, 4.69) is 14.9 Å². The largest absolute Gasteiger partial charge is 0.477 e. The zero-order valence-corrected chi connectivity index (χ0v) is 11.7. The summed E-state index contributed by atoms with van der Waals surface area (Å²) in [6.45, 7) is 1.87. The van der Waals surface area contributed by atoms with E-state index in [9.17, 15) is 13.2 Å². The van der Waals surface area contributed by atoms with Crippen LogP contribution in [0.25, 0.3) is 0 Å². The van der Waals surface area contributed by atoms with Crippen LogP contribution in [0.15, 0.2) is 23.4 Å². The molecule has 0 saturated heterocycles. The third-order valence-electron chi connectivity index (χ3n) is 2.84. The second kappa shape index (κ2) is 5.00. The van der Waals surface area contributed by atoms with Crippen molar-refractivity contribution in [3.8, 4) is 0 Å². The van der Waals surface area contributed by atoms with Crippen LogP contribution >= 0.6 is 0 Å². The van der Waals surface area contributed by atoms with Gasteiger partial charge in [0, 0.05) is 18.8 Å². The van der Waals surface area contributed by atoms with Crippen LogP contribution in [0.4, 0.5) is 5.82 Å². The molecule has 0 spiro atoms. The lowest BCUT2D eigenvalue weighted by atomic mass is 10.3. The maximum atomic E-state index is 12.2. The molecule has 0 radical (unpaired) electrons. The van der Waals surface area contributed by atoms with Crippen molar-refractivity contribution in [3.05, 3.63) is 29.7 Å². The van der Waals surface area contributed by atoms with E-state index in [1.165, 1.54) is 24.0 Å². The number of aromatic carboxylic acids is 1. The number of nitrogens with zero attached hydrogens (tertiary/aromatic N) is 2. The number of carboxylic acid groups (broad SMARTS) is 1. The van der Waals surface area contributed by atoms with Gasteiger partial charge in [0.25, 0.3) is 10.0 Å². The van der Waals surface area contributed by atoms with E-state index < -0.39 is 16.0 Å². The summed E-state index contributed by atoms with van der Waals surface area (Å²) in [4.78, 5) is 10.8. The van der Waals surface area contributed by atoms with Crippen LogP contribution in [-0.2, 0) is 23.5 Å². The predicted molar refractivity (Wildman–Crippen MR) is 71.1 cm³/mol. The Kier molecular flexibility index (Phi) is 3.53. The van der Waals surface area contributed by atoms with Gasteiger partial charge in [-0.2, -0.15) is 5.10 Å². The molecule has 0 aromatic carbocycles. The zero-order chi connectivity index (χ0) is 14.9. The molecular weight excluding hydrogens is 284 g/mol. The van der Waals surface area contributed by atoms with E-state index >= 15 is 0 Å². The summed E-state index contributed by atoms with van der Waals surface area (Å²) >= 11 is 0. The Morgan fingerprint density at radius 3 is 2.80 bits per heavy atom. The summed E-state index contributed by atoms with van der Waals surface area (Å²) < 4.78 is 28.0. The Morgan fingerprint density at radius 1 is 1.55 bits per heavy atom. The average Bonchev–Trinajstić information content (AvgIpc) is 2.95. The molecule has 0 atom stereocenters. The van der Waals surface area contributed by atoms with Gasteiger partial charge in [0.15, 0.2) is 0 Å². The van der Waals surface area contributed by atoms with Gasteiger partial charge < -0.3 is 9.67 Å². The van der Waals surface area contributed by atoms with Crippen molar-refractivity contribution in [2.24, 2.45) is 7.05 Å². The number of hydrogen-bond acceptors (Lipinski definition) is 4. The number of sulfonamides is 1. The number of H-pyrrole nitrogens is 1. The van der Waals surface area contributed by atoms with Crippen molar-refractivity contribution >= 4 is 21.8 Å². The summed E-state index contributed by atoms with van der Waals surface area (Å²) in [6.07, 6.45) is 3.39. The predicted octanol–water partition coefficient (Wildman–Crippen LogP) is 0.810. The molecule has 0 bridgehead atoms. The molecule has 2 rings (SSSR count). The lowest BCUT2D eigenvalue weighted by molar-refractivity contribution is 0.0686. The second-order valence-corrected chi connectivity index (χ2v) is 5.89. The van der Waals surface area contributed by atoms with Crippen molar-refractivity contribution in [1.82, 2.24) is 14.8 Å². The lowest BCUT2D eigenvalue weighted by Crippen LogP contribution is -2.13. The van der Waals surface area contributed by atoms with Crippen LogP contribution in [-0.4, -0.2) is 34.3 Å². The van der Waals surface area contributed by atoms with Gasteiger partial charge in [0.05, 0.1) is 6.20 Å². The van der Waals surface area contributed by atoms with Crippen molar-refractivity contribution in [3.63, 3.8) is 0 Å². The van der Waals surface area contributed by atoms with E-state index in [0.717, 1.165) is 11.6 Å². The molecule has 0 aliphatic heterocycles. The number of carbonyl (C=O) groups is 1. The third kappa shape index (κ3) is 2.52. The number of aromatic nitrogens is 3. The van der Waals surface area contributed by atoms with Gasteiger partial charge in [-0.3, -0.25) is 9.82 Å². The first-order valence-corrected chi connectivity index (χ1v) is 7.28. The number of anilines is 1. The number of rotatable bonds is 5. The molecule has 0 fully saturated rings. The molecule has 3 N–H and O–H groups in total. The minimum Gasteiger partial charge on any atom is -0.477 e. The van der Waals surface area contributed by atoms with Crippen molar-refractivity contribution in [2.45, 2.75) is 18.2 Å². The molecule has 0 aliphatic carbocycles. The molecule has 0 aliphatic rings. The van der Waals surface area contributed by atoms with E-state index in [1.807, 2.05) is 6.92 Å². The first-order chi connectivity index (χ1) is 9.35. The fraction of sp³-hybridized carbons (Fsp3) is 0.273.